The van der Waals surface area contributed by atoms with Crippen LogP contribution in [0.15, 0.2) is 0 Å². The second-order valence-electron chi connectivity index (χ2n) is 2.68. The number of hydrogen-bond acceptors (Lipinski definition) is 3. The van der Waals surface area contributed by atoms with E-state index in [1.54, 1.807) is 0 Å². The van der Waals surface area contributed by atoms with Crippen molar-refractivity contribution in [3.05, 3.63) is 0 Å². The molecular weight excluding hydrogens is 178 g/mol. The molecule has 1 N–H and O–H groups in total. The molecule has 13 heavy (non-hydrogen) atoms. The predicted molar refractivity (Wildman–Crippen MR) is 44.5 cm³/mol. The molecule has 0 aromatic carbocycles. The summed E-state index contributed by atoms with van der Waals surface area (Å²) in [5, 5.41) is 11.3. The molecule has 0 aromatic heterocycles. The minimum absolute atomic E-state index is 0.0835. The van der Waals surface area contributed by atoms with Gasteiger partial charge in [-0.2, -0.15) is 5.26 Å². The van der Waals surface area contributed by atoms with Crippen LogP contribution < -0.4 is 5.32 Å². The molecule has 0 spiro atoms. The van der Waals surface area contributed by atoms with Crippen molar-refractivity contribution in [2.24, 2.45) is 0 Å². The maximum atomic E-state index is 11.6. The SMILES string of the molecule is CC(CC#N)NCCOCC(F)F. The van der Waals surface area contributed by atoms with E-state index in [1.165, 1.54) is 0 Å². The third-order valence-electron chi connectivity index (χ3n) is 1.38. The highest BCUT2D eigenvalue weighted by atomic mass is 19.3. The highest BCUT2D eigenvalue weighted by Crippen LogP contribution is 1.92. The van der Waals surface area contributed by atoms with Crippen LogP contribution in [0.5, 0.6) is 0 Å². The van der Waals surface area contributed by atoms with Gasteiger partial charge in [0.1, 0.15) is 6.61 Å². The molecule has 0 bridgehead atoms. The van der Waals surface area contributed by atoms with Crippen LogP contribution in [0, 0.1) is 11.3 Å². The van der Waals surface area contributed by atoms with Gasteiger partial charge in [0.2, 0.25) is 0 Å². The standard InChI is InChI=1S/C8H14F2N2O/c1-7(2-3-11)12-4-5-13-6-8(9)10/h7-8,12H,2,4-6H2,1H3. The summed E-state index contributed by atoms with van der Waals surface area (Å²) in [6, 6.07) is 2.09. The average molecular weight is 192 g/mol. The lowest BCUT2D eigenvalue weighted by molar-refractivity contribution is 0.0183. The Hall–Kier alpha value is -0.730. The molecule has 0 aliphatic carbocycles. The second-order valence-corrected chi connectivity index (χ2v) is 2.68. The van der Waals surface area contributed by atoms with E-state index in [0.717, 1.165) is 0 Å². The zero-order chi connectivity index (χ0) is 10.1. The van der Waals surface area contributed by atoms with E-state index in [0.29, 0.717) is 13.0 Å². The number of halogens is 2. The van der Waals surface area contributed by atoms with Gasteiger partial charge in [0, 0.05) is 12.6 Å². The molecule has 0 aliphatic heterocycles. The summed E-state index contributed by atoms with van der Waals surface area (Å²) < 4.78 is 27.7. The number of nitrogens with zero attached hydrogens (tertiary/aromatic N) is 1. The molecule has 0 aliphatic rings. The van der Waals surface area contributed by atoms with Gasteiger partial charge in [-0.25, -0.2) is 8.78 Å². The molecule has 0 amide bonds. The molecule has 5 heteroatoms. The Bertz CT molecular complexity index is 159. The average Bonchev–Trinajstić information content (AvgIpc) is 2.03. The molecule has 3 nitrogen and oxygen atoms in total. The topological polar surface area (TPSA) is 45.0 Å². The smallest absolute Gasteiger partial charge is 0.261 e. The van der Waals surface area contributed by atoms with Crippen molar-refractivity contribution in [3.63, 3.8) is 0 Å². The summed E-state index contributed by atoms with van der Waals surface area (Å²) in [5.74, 6) is 0. The molecule has 0 saturated carbocycles. The summed E-state index contributed by atoms with van der Waals surface area (Å²) in [7, 11) is 0. The maximum absolute atomic E-state index is 11.6. The summed E-state index contributed by atoms with van der Waals surface area (Å²) in [5.41, 5.74) is 0. The van der Waals surface area contributed by atoms with Gasteiger partial charge in [-0.1, -0.05) is 0 Å². The zero-order valence-electron chi connectivity index (χ0n) is 7.59. The molecule has 0 rings (SSSR count). The molecule has 0 saturated heterocycles. The molecule has 0 heterocycles. The van der Waals surface area contributed by atoms with E-state index < -0.39 is 13.0 Å². The van der Waals surface area contributed by atoms with Gasteiger partial charge in [-0.05, 0) is 6.92 Å². The number of ether oxygens (including phenoxy) is 1. The Morgan fingerprint density at radius 3 is 2.77 bits per heavy atom. The van der Waals surface area contributed by atoms with E-state index >= 15 is 0 Å². The van der Waals surface area contributed by atoms with Crippen LogP contribution >= 0.6 is 0 Å². The first kappa shape index (κ1) is 12.3. The lowest BCUT2D eigenvalue weighted by Crippen LogP contribution is -2.29. The van der Waals surface area contributed by atoms with E-state index in [2.05, 4.69) is 10.1 Å². The van der Waals surface area contributed by atoms with E-state index in [-0.39, 0.29) is 12.6 Å². The third kappa shape index (κ3) is 9.18. The van der Waals surface area contributed by atoms with Crippen molar-refractivity contribution in [2.75, 3.05) is 19.8 Å². The van der Waals surface area contributed by atoms with Gasteiger partial charge in [0.15, 0.2) is 0 Å². The van der Waals surface area contributed by atoms with Crippen molar-refractivity contribution in [3.8, 4) is 6.07 Å². The molecule has 0 fully saturated rings. The Morgan fingerprint density at radius 2 is 2.23 bits per heavy atom. The largest absolute Gasteiger partial charge is 0.374 e. The fraction of sp³-hybridized carbons (Fsp3) is 0.875. The monoisotopic (exact) mass is 192 g/mol. The fourth-order valence-corrected chi connectivity index (χ4v) is 0.759. The first-order chi connectivity index (χ1) is 6.16. The Kier molecular flexibility index (Phi) is 7.45. The molecule has 1 unspecified atom stereocenters. The van der Waals surface area contributed by atoms with E-state index in [9.17, 15) is 8.78 Å². The fourth-order valence-electron chi connectivity index (χ4n) is 0.759. The third-order valence-corrected chi connectivity index (χ3v) is 1.38. The van der Waals surface area contributed by atoms with Gasteiger partial charge < -0.3 is 10.1 Å². The predicted octanol–water partition coefficient (Wildman–Crippen LogP) is 1.16. The van der Waals surface area contributed by atoms with Gasteiger partial charge in [0.25, 0.3) is 6.43 Å². The highest BCUT2D eigenvalue weighted by molar-refractivity contribution is 4.76. The van der Waals surface area contributed by atoms with Crippen molar-refractivity contribution >= 4 is 0 Å². The van der Waals surface area contributed by atoms with E-state index in [1.807, 2.05) is 13.0 Å². The lowest BCUT2D eigenvalue weighted by atomic mass is 10.2. The lowest BCUT2D eigenvalue weighted by Gasteiger charge is -2.09. The number of hydrogen-bond donors (Lipinski definition) is 1. The Labute approximate surface area is 76.7 Å². The van der Waals surface area contributed by atoms with Crippen LogP contribution in [0.3, 0.4) is 0 Å². The first-order valence-electron chi connectivity index (χ1n) is 4.13. The van der Waals surface area contributed by atoms with Crippen molar-refractivity contribution < 1.29 is 13.5 Å². The highest BCUT2D eigenvalue weighted by Gasteiger charge is 2.02. The maximum Gasteiger partial charge on any atom is 0.261 e. The summed E-state index contributed by atoms with van der Waals surface area (Å²) in [6.07, 6.45) is -1.99. The molecular formula is C8H14F2N2O. The van der Waals surface area contributed by atoms with Crippen LogP contribution in [0.1, 0.15) is 13.3 Å². The van der Waals surface area contributed by atoms with Gasteiger partial charge in [0.05, 0.1) is 19.1 Å². The number of alkyl halides is 2. The molecule has 1 atom stereocenters. The van der Waals surface area contributed by atoms with Crippen LogP contribution in [-0.2, 0) is 4.74 Å². The van der Waals surface area contributed by atoms with Gasteiger partial charge >= 0.3 is 0 Å². The van der Waals surface area contributed by atoms with Crippen LogP contribution in [0.4, 0.5) is 8.78 Å². The van der Waals surface area contributed by atoms with Crippen molar-refractivity contribution in [1.82, 2.24) is 5.32 Å². The normalized spacial score (nSPS) is 12.8. The summed E-state index contributed by atoms with van der Waals surface area (Å²) in [6.45, 7) is 2.08. The summed E-state index contributed by atoms with van der Waals surface area (Å²) >= 11 is 0. The van der Waals surface area contributed by atoms with Crippen LogP contribution in [0.2, 0.25) is 0 Å². The molecule has 76 valence electrons. The van der Waals surface area contributed by atoms with Crippen molar-refractivity contribution in [2.45, 2.75) is 25.8 Å². The molecule has 0 radical (unpaired) electrons. The van der Waals surface area contributed by atoms with Gasteiger partial charge in [-0.15, -0.1) is 0 Å². The quantitative estimate of drug-likeness (QED) is 0.615. The minimum atomic E-state index is -2.41. The second kappa shape index (κ2) is 7.90. The number of rotatable bonds is 7. The van der Waals surface area contributed by atoms with Gasteiger partial charge in [-0.3, -0.25) is 0 Å². The minimum Gasteiger partial charge on any atom is -0.374 e. The Balaban J connectivity index is 3.12. The van der Waals surface area contributed by atoms with Crippen LogP contribution in [0.25, 0.3) is 0 Å². The zero-order valence-corrected chi connectivity index (χ0v) is 7.59. The van der Waals surface area contributed by atoms with Crippen LogP contribution in [-0.4, -0.2) is 32.2 Å². The molecule has 0 aromatic rings. The Morgan fingerprint density at radius 1 is 1.54 bits per heavy atom. The van der Waals surface area contributed by atoms with Crippen molar-refractivity contribution in [1.29, 1.82) is 5.26 Å². The number of nitriles is 1. The number of nitrogens with one attached hydrogen (secondary N) is 1. The first-order valence-corrected chi connectivity index (χ1v) is 4.13. The summed E-state index contributed by atoms with van der Waals surface area (Å²) in [4.78, 5) is 0. The van der Waals surface area contributed by atoms with E-state index in [4.69, 9.17) is 5.26 Å².